The van der Waals surface area contributed by atoms with Gasteiger partial charge in [-0.15, -0.1) is 0 Å². The average Bonchev–Trinajstić information content (AvgIpc) is 2.83. The van der Waals surface area contributed by atoms with Crippen LogP contribution < -0.4 is 19.1 Å². The predicted molar refractivity (Wildman–Crippen MR) is 136 cm³/mol. The topological polar surface area (TPSA) is 105 Å². The highest BCUT2D eigenvalue weighted by molar-refractivity contribution is 7.92. The number of nitrogens with zero attached hydrogens (tertiary/aromatic N) is 2. The van der Waals surface area contributed by atoms with E-state index < -0.39 is 28.5 Å². The predicted octanol–water partition coefficient (Wildman–Crippen LogP) is 2.72. The van der Waals surface area contributed by atoms with Gasteiger partial charge in [0.15, 0.2) is 0 Å². The average molecular weight is 506 g/mol. The Bertz CT molecular complexity index is 1140. The highest BCUT2D eigenvalue weighted by atomic mass is 32.2. The van der Waals surface area contributed by atoms with E-state index in [-0.39, 0.29) is 23.9 Å². The number of hydrogen-bond acceptors (Lipinski definition) is 6. The summed E-state index contributed by atoms with van der Waals surface area (Å²) in [4.78, 5) is 27.8. The number of benzene rings is 2. The lowest BCUT2D eigenvalue weighted by Crippen LogP contribution is -2.51. The Kier molecular flexibility index (Phi) is 9.94. The summed E-state index contributed by atoms with van der Waals surface area (Å²) in [7, 11) is -1.02. The molecule has 1 N–H and O–H groups in total. The molecule has 0 aliphatic heterocycles. The second-order valence-corrected chi connectivity index (χ2v) is 10.1. The molecule has 0 aromatic heterocycles. The molecule has 2 rings (SSSR count). The Hall–Kier alpha value is -3.27. The van der Waals surface area contributed by atoms with Crippen molar-refractivity contribution in [2.75, 3.05) is 37.9 Å². The molecule has 0 aliphatic carbocycles. The molecule has 0 aliphatic rings. The Labute approximate surface area is 208 Å². The number of aryl methyl sites for hydroxylation is 1. The van der Waals surface area contributed by atoms with Crippen molar-refractivity contribution >= 4 is 27.5 Å². The van der Waals surface area contributed by atoms with E-state index in [2.05, 4.69) is 5.32 Å². The minimum absolute atomic E-state index is 0.152. The van der Waals surface area contributed by atoms with Crippen LogP contribution in [-0.2, 0) is 26.2 Å². The van der Waals surface area contributed by atoms with Crippen molar-refractivity contribution in [3.8, 4) is 11.5 Å². The van der Waals surface area contributed by atoms with Gasteiger partial charge in [0, 0.05) is 19.2 Å². The summed E-state index contributed by atoms with van der Waals surface area (Å²) >= 11 is 0. The van der Waals surface area contributed by atoms with E-state index in [0.29, 0.717) is 12.3 Å². The van der Waals surface area contributed by atoms with Crippen molar-refractivity contribution in [1.82, 2.24) is 10.2 Å². The molecular formula is C25H35N3O6S. The van der Waals surface area contributed by atoms with Crippen molar-refractivity contribution in [1.29, 1.82) is 0 Å². The lowest BCUT2D eigenvalue weighted by atomic mass is 10.1. The first-order chi connectivity index (χ1) is 16.5. The van der Waals surface area contributed by atoms with E-state index in [4.69, 9.17) is 9.47 Å². The number of sulfonamides is 1. The van der Waals surface area contributed by atoms with Gasteiger partial charge < -0.3 is 19.7 Å². The van der Waals surface area contributed by atoms with E-state index in [9.17, 15) is 18.0 Å². The van der Waals surface area contributed by atoms with Gasteiger partial charge in [0.2, 0.25) is 21.8 Å². The van der Waals surface area contributed by atoms with Crippen molar-refractivity contribution in [3.05, 3.63) is 53.6 Å². The molecule has 35 heavy (non-hydrogen) atoms. The summed E-state index contributed by atoms with van der Waals surface area (Å²) in [6.07, 6.45) is 1.77. The summed E-state index contributed by atoms with van der Waals surface area (Å²) < 4.78 is 37.2. The van der Waals surface area contributed by atoms with Crippen LogP contribution >= 0.6 is 0 Å². The van der Waals surface area contributed by atoms with Crippen molar-refractivity contribution in [3.63, 3.8) is 0 Å². The van der Waals surface area contributed by atoms with Crippen LogP contribution in [0.5, 0.6) is 11.5 Å². The van der Waals surface area contributed by atoms with E-state index in [0.717, 1.165) is 28.1 Å². The molecule has 0 fully saturated rings. The number of hydrogen-bond donors (Lipinski definition) is 1. The van der Waals surface area contributed by atoms with E-state index in [1.807, 2.05) is 38.1 Å². The van der Waals surface area contributed by atoms with E-state index in [1.54, 1.807) is 19.1 Å². The zero-order valence-electron chi connectivity index (χ0n) is 21.2. The summed E-state index contributed by atoms with van der Waals surface area (Å²) in [5.74, 6) is -0.157. The molecular weight excluding hydrogens is 470 g/mol. The molecule has 0 saturated carbocycles. The van der Waals surface area contributed by atoms with Gasteiger partial charge in [-0.3, -0.25) is 13.9 Å². The van der Waals surface area contributed by atoms with Crippen LogP contribution in [0.4, 0.5) is 5.69 Å². The molecule has 2 aromatic carbocycles. The van der Waals surface area contributed by atoms with E-state index in [1.165, 1.54) is 25.2 Å². The fourth-order valence-electron chi connectivity index (χ4n) is 3.54. The van der Waals surface area contributed by atoms with Crippen LogP contribution in [-0.4, -0.2) is 64.7 Å². The normalized spacial score (nSPS) is 11.9. The Morgan fingerprint density at radius 3 is 2.34 bits per heavy atom. The molecule has 0 radical (unpaired) electrons. The largest absolute Gasteiger partial charge is 0.497 e. The SMILES string of the molecule is CCCNC(=O)C(C)N(Cc1ccccc1C)C(=O)CN(c1cc(OC)ccc1OC)S(C)(=O)=O. The van der Waals surface area contributed by atoms with Crippen LogP contribution in [0.1, 0.15) is 31.4 Å². The molecule has 0 bridgehead atoms. The molecule has 0 spiro atoms. The Balaban J connectivity index is 2.48. The molecule has 1 unspecified atom stereocenters. The summed E-state index contributed by atoms with van der Waals surface area (Å²) in [6, 6.07) is 11.4. The molecule has 0 heterocycles. The first-order valence-electron chi connectivity index (χ1n) is 11.3. The molecule has 9 nitrogen and oxygen atoms in total. The Morgan fingerprint density at radius 2 is 1.77 bits per heavy atom. The lowest BCUT2D eigenvalue weighted by molar-refractivity contribution is -0.139. The fourth-order valence-corrected chi connectivity index (χ4v) is 4.38. The third-order valence-electron chi connectivity index (χ3n) is 5.65. The van der Waals surface area contributed by atoms with Gasteiger partial charge in [-0.1, -0.05) is 31.2 Å². The number of amides is 2. The number of ether oxygens (including phenoxy) is 2. The van der Waals surface area contributed by atoms with Gasteiger partial charge in [-0.05, 0) is 43.5 Å². The van der Waals surface area contributed by atoms with Crippen molar-refractivity contribution in [2.45, 2.75) is 39.8 Å². The molecule has 2 aromatic rings. The number of methoxy groups -OCH3 is 2. The van der Waals surface area contributed by atoms with Gasteiger partial charge in [0.25, 0.3) is 0 Å². The van der Waals surface area contributed by atoms with Crippen molar-refractivity contribution in [2.24, 2.45) is 0 Å². The lowest BCUT2D eigenvalue weighted by Gasteiger charge is -2.32. The number of carbonyl (C=O) groups excluding carboxylic acids is 2. The van der Waals surface area contributed by atoms with Crippen LogP contribution in [0, 0.1) is 6.92 Å². The van der Waals surface area contributed by atoms with Gasteiger partial charge in [0.1, 0.15) is 24.1 Å². The quantitative estimate of drug-likeness (QED) is 0.476. The van der Waals surface area contributed by atoms with Gasteiger partial charge >= 0.3 is 0 Å². The van der Waals surface area contributed by atoms with Crippen LogP contribution in [0.2, 0.25) is 0 Å². The second kappa shape index (κ2) is 12.4. The number of nitrogens with one attached hydrogen (secondary N) is 1. The molecule has 1 atom stereocenters. The van der Waals surface area contributed by atoms with Gasteiger partial charge in [-0.2, -0.15) is 0 Å². The zero-order chi connectivity index (χ0) is 26.2. The summed E-state index contributed by atoms with van der Waals surface area (Å²) in [5, 5.41) is 2.82. The number of anilines is 1. The molecule has 10 heteroatoms. The van der Waals surface area contributed by atoms with E-state index >= 15 is 0 Å². The maximum Gasteiger partial charge on any atom is 0.244 e. The van der Waals surface area contributed by atoms with Crippen LogP contribution in [0.15, 0.2) is 42.5 Å². The van der Waals surface area contributed by atoms with Crippen LogP contribution in [0.3, 0.4) is 0 Å². The van der Waals surface area contributed by atoms with Gasteiger partial charge in [-0.25, -0.2) is 8.42 Å². The Morgan fingerprint density at radius 1 is 1.09 bits per heavy atom. The number of rotatable bonds is 12. The monoisotopic (exact) mass is 505 g/mol. The first kappa shape index (κ1) is 28.0. The van der Waals surface area contributed by atoms with Crippen molar-refractivity contribution < 1.29 is 27.5 Å². The number of carbonyl (C=O) groups is 2. The third kappa shape index (κ3) is 7.35. The third-order valence-corrected chi connectivity index (χ3v) is 6.78. The smallest absolute Gasteiger partial charge is 0.244 e. The van der Waals surface area contributed by atoms with Gasteiger partial charge in [0.05, 0.1) is 26.2 Å². The molecule has 192 valence electrons. The van der Waals surface area contributed by atoms with Crippen LogP contribution in [0.25, 0.3) is 0 Å². The second-order valence-electron chi connectivity index (χ2n) is 8.22. The summed E-state index contributed by atoms with van der Waals surface area (Å²) in [5.41, 5.74) is 1.99. The fraction of sp³-hybridized carbons (Fsp3) is 0.440. The maximum absolute atomic E-state index is 13.6. The molecule has 0 saturated heterocycles. The minimum atomic E-state index is -3.90. The molecule has 2 amide bonds. The highest BCUT2D eigenvalue weighted by Gasteiger charge is 2.31. The highest BCUT2D eigenvalue weighted by Crippen LogP contribution is 2.34. The standard InChI is InChI=1S/C25H35N3O6S/c1-7-14-26-25(30)19(3)27(16-20-11-9-8-10-18(20)2)24(29)17-28(35(6,31)32)22-15-21(33-4)12-13-23(22)34-5/h8-13,15,19H,7,14,16-17H2,1-6H3,(H,26,30). The minimum Gasteiger partial charge on any atom is -0.497 e. The first-order valence-corrected chi connectivity index (χ1v) is 13.2. The summed E-state index contributed by atoms with van der Waals surface area (Å²) in [6.45, 7) is 5.61. The zero-order valence-corrected chi connectivity index (χ0v) is 22.0. The maximum atomic E-state index is 13.6.